The van der Waals surface area contributed by atoms with Gasteiger partial charge < -0.3 is 10.2 Å². The molecule has 0 aliphatic heterocycles. The van der Waals surface area contributed by atoms with Gasteiger partial charge in [-0.05, 0) is 23.6 Å². The van der Waals surface area contributed by atoms with Crippen LogP contribution < -0.4 is 10.2 Å². The van der Waals surface area contributed by atoms with Crippen LogP contribution in [-0.4, -0.2) is 26.5 Å². The Morgan fingerprint density at radius 2 is 1.74 bits per heavy atom. The lowest BCUT2D eigenvalue weighted by molar-refractivity contribution is -0.890. The first-order valence-electron chi connectivity index (χ1n) is 9.02. The molecule has 6 heteroatoms. The Bertz CT molecular complexity index is 755. The topological polar surface area (TPSA) is 33.5 Å². The van der Waals surface area contributed by atoms with Gasteiger partial charge >= 0.3 is 6.18 Å². The lowest BCUT2D eigenvalue weighted by atomic mass is 10.0. The second-order valence-corrected chi connectivity index (χ2v) is 6.90. The molecule has 3 nitrogen and oxygen atoms in total. The fraction of sp³-hybridized carbons (Fsp3) is 0.381. The molecule has 0 radical (unpaired) electrons. The van der Waals surface area contributed by atoms with Crippen LogP contribution in [0.3, 0.4) is 0 Å². The molecule has 1 atom stereocenters. The lowest BCUT2D eigenvalue weighted by Gasteiger charge is -2.22. The fourth-order valence-corrected chi connectivity index (χ4v) is 2.96. The van der Waals surface area contributed by atoms with Gasteiger partial charge in [-0.25, -0.2) is 0 Å². The van der Waals surface area contributed by atoms with Crippen LogP contribution in [0.5, 0.6) is 0 Å². The Labute approximate surface area is 158 Å². The van der Waals surface area contributed by atoms with Crippen LogP contribution in [0, 0.1) is 0 Å². The van der Waals surface area contributed by atoms with Crippen LogP contribution in [0.4, 0.5) is 13.2 Å². The molecule has 0 fully saturated rings. The van der Waals surface area contributed by atoms with E-state index in [4.69, 9.17) is 0 Å². The zero-order chi connectivity index (χ0) is 20.0. The van der Waals surface area contributed by atoms with E-state index in [2.05, 4.69) is 36.5 Å². The number of likely N-dealkylation sites (N-methyl/N-ethyl adjacent to an activating group) is 1. The Hall–Kier alpha value is -2.34. The van der Waals surface area contributed by atoms with Crippen LogP contribution in [0.2, 0.25) is 0 Å². The molecule has 0 spiro atoms. The molecule has 1 amide bonds. The molecule has 2 aromatic carbocycles. The maximum atomic E-state index is 12.8. The Kier molecular flexibility index (Phi) is 7.02. The van der Waals surface area contributed by atoms with Crippen molar-refractivity contribution in [3.05, 3.63) is 70.8 Å². The first-order valence-corrected chi connectivity index (χ1v) is 9.02. The highest BCUT2D eigenvalue weighted by Gasteiger charge is 2.30. The molecular weight excluding hydrogens is 353 g/mol. The van der Waals surface area contributed by atoms with Gasteiger partial charge in [0.2, 0.25) is 5.91 Å². The number of aryl methyl sites for hydroxylation is 1. The number of quaternary nitrogens is 1. The monoisotopic (exact) mass is 379 g/mol. The highest BCUT2D eigenvalue weighted by atomic mass is 19.4. The van der Waals surface area contributed by atoms with Crippen molar-refractivity contribution >= 4 is 5.91 Å². The van der Waals surface area contributed by atoms with Crippen molar-refractivity contribution in [2.24, 2.45) is 0 Å². The Morgan fingerprint density at radius 1 is 1.07 bits per heavy atom. The van der Waals surface area contributed by atoms with E-state index in [1.165, 1.54) is 22.6 Å². The third-order valence-electron chi connectivity index (χ3n) is 4.61. The van der Waals surface area contributed by atoms with Gasteiger partial charge in [-0.2, -0.15) is 13.2 Å². The van der Waals surface area contributed by atoms with Gasteiger partial charge in [0, 0.05) is 5.56 Å². The Balaban J connectivity index is 1.99. The molecule has 2 rings (SSSR count). The van der Waals surface area contributed by atoms with Gasteiger partial charge in [0.15, 0.2) is 0 Å². The largest absolute Gasteiger partial charge is 0.416 e. The molecule has 0 bridgehead atoms. The maximum absolute atomic E-state index is 12.8. The van der Waals surface area contributed by atoms with Gasteiger partial charge in [0.1, 0.15) is 6.04 Å². The highest BCUT2D eigenvalue weighted by Crippen LogP contribution is 2.29. The van der Waals surface area contributed by atoms with Crippen molar-refractivity contribution < 1.29 is 22.9 Å². The minimum absolute atomic E-state index is 0.0707. The summed E-state index contributed by atoms with van der Waals surface area (Å²) in [4.78, 5) is 13.4. The predicted molar refractivity (Wildman–Crippen MR) is 99.5 cm³/mol. The predicted octanol–water partition coefficient (Wildman–Crippen LogP) is 2.81. The summed E-state index contributed by atoms with van der Waals surface area (Å²) in [5.74, 6) is -0.286. The van der Waals surface area contributed by atoms with Gasteiger partial charge in [0.25, 0.3) is 0 Å². The standard InChI is InChI=1S/C21H25F3N2O/c1-4-15-8-10-17(11-9-15)19(26(2)3)14-25-20(27)13-16-6-5-7-18(12-16)21(22,23)24/h5-12,19H,4,13-14H2,1-3H3,(H,25,27)/p+1/t19-/m1/s1. The molecule has 2 N–H and O–H groups in total. The summed E-state index contributed by atoms with van der Waals surface area (Å²) in [5.41, 5.74) is 1.98. The average molecular weight is 379 g/mol. The van der Waals surface area contributed by atoms with Crippen molar-refractivity contribution in [3.8, 4) is 0 Å². The van der Waals surface area contributed by atoms with Crippen LogP contribution in [0.25, 0.3) is 0 Å². The summed E-state index contributed by atoms with van der Waals surface area (Å²) < 4.78 is 38.4. The zero-order valence-corrected chi connectivity index (χ0v) is 15.9. The number of carbonyl (C=O) groups is 1. The lowest BCUT2D eigenvalue weighted by Crippen LogP contribution is -3.07. The number of rotatable bonds is 7. The van der Waals surface area contributed by atoms with Crippen molar-refractivity contribution in [2.75, 3.05) is 20.6 Å². The molecule has 0 heterocycles. The molecule has 0 saturated heterocycles. The number of amides is 1. The highest BCUT2D eigenvalue weighted by molar-refractivity contribution is 5.78. The number of benzene rings is 2. The summed E-state index contributed by atoms with van der Waals surface area (Å²) in [5, 5.41) is 2.86. The number of hydrogen-bond acceptors (Lipinski definition) is 1. The van der Waals surface area contributed by atoms with Crippen LogP contribution >= 0.6 is 0 Å². The Morgan fingerprint density at radius 3 is 2.30 bits per heavy atom. The van der Waals surface area contributed by atoms with Gasteiger partial charge in [-0.15, -0.1) is 0 Å². The first kappa shape index (κ1) is 21.0. The van der Waals surface area contributed by atoms with E-state index in [0.29, 0.717) is 12.1 Å². The first-order chi connectivity index (χ1) is 12.7. The molecule has 0 unspecified atom stereocenters. The summed E-state index contributed by atoms with van der Waals surface area (Å²) in [6.45, 7) is 2.52. The molecular formula is C21H26F3N2O+. The maximum Gasteiger partial charge on any atom is 0.416 e. The molecule has 0 aromatic heterocycles. The minimum Gasteiger partial charge on any atom is -0.349 e. The van der Waals surface area contributed by atoms with E-state index in [1.807, 2.05) is 14.1 Å². The van der Waals surface area contributed by atoms with Crippen molar-refractivity contribution in [2.45, 2.75) is 32.0 Å². The molecule has 27 heavy (non-hydrogen) atoms. The molecule has 2 aromatic rings. The third-order valence-corrected chi connectivity index (χ3v) is 4.61. The smallest absolute Gasteiger partial charge is 0.349 e. The van der Waals surface area contributed by atoms with E-state index < -0.39 is 11.7 Å². The average Bonchev–Trinajstić information content (AvgIpc) is 2.61. The van der Waals surface area contributed by atoms with Crippen LogP contribution in [0.1, 0.15) is 35.2 Å². The SMILES string of the molecule is CCc1ccc([C@@H](CNC(=O)Cc2cccc(C(F)(F)F)c2)[NH+](C)C)cc1. The number of alkyl halides is 3. The van der Waals surface area contributed by atoms with Gasteiger partial charge in [-0.1, -0.05) is 49.4 Å². The number of halogens is 3. The number of carbonyl (C=O) groups excluding carboxylic acids is 1. The van der Waals surface area contributed by atoms with E-state index in [1.54, 1.807) is 0 Å². The molecule has 0 aliphatic rings. The van der Waals surface area contributed by atoms with E-state index in [0.717, 1.165) is 24.1 Å². The summed E-state index contributed by atoms with van der Waals surface area (Å²) in [6.07, 6.45) is -3.52. The second-order valence-electron chi connectivity index (χ2n) is 6.90. The molecule has 0 aliphatic carbocycles. The second kappa shape index (κ2) is 9.04. The van der Waals surface area contributed by atoms with Crippen LogP contribution in [-0.2, 0) is 23.8 Å². The van der Waals surface area contributed by atoms with Crippen molar-refractivity contribution in [3.63, 3.8) is 0 Å². The number of hydrogen-bond donors (Lipinski definition) is 2. The van der Waals surface area contributed by atoms with Crippen LogP contribution in [0.15, 0.2) is 48.5 Å². The van der Waals surface area contributed by atoms with E-state index in [-0.39, 0.29) is 18.4 Å². The number of nitrogens with one attached hydrogen (secondary N) is 2. The van der Waals surface area contributed by atoms with Crippen molar-refractivity contribution in [1.82, 2.24) is 5.32 Å². The van der Waals surface area contributed by atoms with Gasteiger partial charge in [0.05, 0.1) is 32.6 Å². The summed E-state index contributed by atoms with van der Waals surface area (Å²) >= 11 is 0. The minimum atomic E-state index is -4.41. The van der Waals surface area contributed by atoms with Gasteiger partial charge in [-0.3, -0.25) is 4.79 Å². The van der Waals surface area contributed by atoms with Crippen molar-refractivity contribution in [1.29, 1.82) is 0 Å². The molecule has 0 saturated carbocycles. The summed E-state index contributed by atoms with van der Waals surface area (Å²) in [6, 6.07) is 13.3. The zero-order valence-electron chi connectivity index (χ0n) is 15.9. The quantitative estimate of drug-likeness (QED) is 0.762. The normalized spacial score (nSPS) is 12.9. The fourth-order valence-electron chi connectivity index (χ4n) is 2.96. The van der Waals surface area contributed by atoms with E-state index >= 15 is 0 Å². The third kappa shape index (κ3) is 6.10. The van der Waals surface area contributed by atoms with E-state index in [9.17, 15) is 18.0 Å². The summed E-state index contributed by atoms with van der Waals surface area (Å²) in [7, 11) is 4.02. The molecule has 146 valence electrons.